The molecule has 19 heavy (non-hydrogen) atoms. The normalized spacial score (nSPS) is 31.7. The lowest BCUT2D eigenvalue weighted by Crippen LogP contribution is -2.58. The molecule has 0 saturated carbocycles. The van der Waals surface area contributed by atoms with E-state index >= 15 is 0 Å². The first-order chi connectivity index (χ1) is 8.80. The molecule has 0 unspecified atom stereocenters. The maximum atomic E-state index is 12.6. The van der Waals surface area contributed by atoms with E-state index in [4.69, 9.17) is 9.84 Å². The Kier molecular flexibility index (Phi) is 3.71. The van der Waals surface area contributed by atoms with Gasteiger partial charge in [-0.15, -0.1) is 0 Å². The van der Waals surface area contributed by atoms with Gasteiger partial charge in [0.05, 0.1) is 12.5 Å². The van der Waals surface area contributed by atoms with Gasteiger partial charge < -0.3 is 14.7 Å². The Labute approximate surface area is 107 Å². The minimum atomic E-state index is -4.97. The Hall–Kier alpha value is -1.31. The molecule has 2 fully saturated rings. The molecule has 2 saturated heterocycles. The van der Waals surface area contributed by atoms with Gasteiger partial charge in [0.1, 0.15) is 0 Å². The van der Waals surface area contributed by atoms with Crippen LogP contribution in [0.5, 0.6) is 0 Å². The predicted molar refractivity (Wildman–Crippen MR) is 56.2 cm³/mol. The lowest BCUT2D eigenvalue weighted by atomic mass is 9.81. The number of carboxylic acid groups (broad SMARTS) is 1. The topological polar surface area (TPSA) is 66.8 Å². The van der Waals surface area contributed by atoms with Gasteiger partial charge in [-0.25, -0.2) is 0 Å². The second kappa shape index (κ2) is 4.99. The van der Waals surface area contributed by atoms with E-state index in [0.717, 1.165) is 0 Å². The molecule has 0 bridgehead atoms. The summed E-state index contributed by atoms with van der Waals surface area (Å²) in [5, 5.41) is 8.97. The van der Waals surface area contributed by atoms with Crippen LogP contribution in [0.25, 0.3) is 0 Å². The monoisotopic (exact) mass is 281 g/mol. The van der Waals surface area contributed by atoms with Gasteiger partial charge in [-0.3, -0.25) is 9.59 Å². The molecule has 0 aliphatic carbocycles. The highest BCUT2D eigenvalue weighted by Gasteiger charge is 2.50. The van der Waals surface area contributed by atoms with Crippen LogP contribution >= 0.6 is 0 Å². The summed E-state index contributed by atoms with van der Waals surface area (Å²) < 4.78 is 42.8. The SMILES string of the molecule is O=C(O)[C@@H]1C[C@@H]2COCC[C@H]2N(C(=O)C(F)(F)F)C1. The molecule has 2 heterocycles. The van der Waals surface area contributed by atoms with E-state index in [2.05, 4.69) is 0 Å². The zero-order valence-electron chi connectivity index (χ0n) is 10.0. The van der Waals surface area contributed by atoms with Crippen LogP contribution in [0.1, 0.15) is 12.8 Å². The average Bonchev–Trinajstić information content (AvgIpc) is 2.35. The fraction of sp³-hybridized carbons (Fsp3) is 0.818. The summed E-state index contributed by atoms with van der Waals surface area (Å²) in [6.07, 6.45) is -4.40. The number of halogens is 3. The van der Waals surface area contributed by atoms with Crippen molar-refractivity contribution in [1.82, 2.24) is 4.90 Å². The van der Waals surface area contributed by atoms with Crippen LogP contribution in [0.3, 0.4) is 0 Å². The number of hydrogen-bond donors (Lipinski definition) is 1. The number of fused-ring (bicyclic) bond motifs is 1. The van der Waals surface area contributed by atoms with E-state index in [-0.39, 0.29) is 25.5 Å². The molecule has 1 N–H and O–H groups in total. The zero-order chi connectivity index (χ0) is 14.2. The molecule has 1 amide bonds. The Balaban J connectivity index is 2.22. The van der Waals surface area contributed by atoms with Gasteiger partial charge in [0.15, 0.2) is 0 Å². The Morgan fingerprint density at radius 3 is 2.58 bits per heavy atom. The number of hydrogen-bond acceptors (Lipinski definition) is 3. The number of rotatable bonds is 1. The molecule has 2 rings (SSSR count). The number of aliphatic carboxylic acids is 1. The number of carboxylic acids is 1. The van der Waals surface area contributed by atoms with E-state index in [9.17, 15) is 22.8 Å². The van der Waals surface area contributed by atoms with Crippen molar-refractivity contribution in [2.45, 2.75) is 25.1 Å². The third kappa shape index (κ3) is 2.83. The summed E-state index contributed by atoms with van der Waals surface area (Å²) in [5.41, 5.74) is 0. The third-order valence-corrected chi connectivity index (χ3v) is 3.69. The highest BCUT2D eigenvalue weighted by atomic mass is 19.4. The highest BCUT2D eigenvalue weighted by molar-refractivity contribution is 5.83. The van der Waals surface area contributed by atoms with E-state index in [1.807, 2.05) is 0 Å². The largest absolute Gasteiger partial charge is 0.481 e. The first kappa shape index (κ1) is 14.1. The van der Waals surface area contributed by atoms with Gasteiger partial charge in [-0.1, -0.05) is 0 Å². The minimum Gasteiger partial charge on any atom is -0.481 e. The summed E-state index contributed by atoms with van der Waals surface area (Å²) in [4.78, 5) is 23.1. The van der Waals surface area contributed by atoms with Crippen LogP contribution < -0.4 is 0 Å². The van der Waals surface area contributed by atoms with Gasteiger partial charge in [-0.05, 0) is 12.8 Å². The van der Waals surface area contributed by atoms with Crippen LogP contribution in [0.15, 0.2) is 0 Å². The van der Waals surface area contributed by atoms with Crippen LogP contribution in [0.2, 0.25) is 0 Å². The smallest absolute Gasteiger partial charge is 0.471 e. The number of alkyl halides is 3. The maximum Gasteiger partial charge on any atom is 0.471 e. The first-order valence-electron chi connectivity index (χ1n) is 5.99. The van der Waals surface area contributed by atoms with Crippen molar-refractivity contribution in [3.05, 3.63) is 0 Å². The van der Waals surface area contributed by atoms with Crippen LogP contribution in [0, 0.1) is 11.8 Å². The molecule has 0 aromatic rings. The summed E-state index contributed by atoms with van der Waals surface area (Å²) in [6.45, 7) is 0.117. The zero-order valence-corrected chi connectivity index (χ0v) is 10.0. The van der Waals surface area contributed by atoms with Gasteiger partial charge in [-0.2, -0.15) is 13.2 Å². The second-order valence-corrected chi connectivity index (χ2v) is 4.92. The Morgan fingerprint density at radius 1 is 1.32 bits per heavy atom. The lowest BCUT2D eigenvalue weighted by Gasteiger charge is -2.45. The van der Waals surface area contributed by atoms with Crippen LogP contribution in [-0.4, -0.2) is 53.9 Å². The molecule has 0 radical (unpaired) electrons. The number of carbonyl (C=O) groups excluding carboxylic acids is 1. The Morgan fingerprint density at radius 2 is 2.00 bits per heavy atom. The molecule has 3 atom stereocenters. The summed E-state index contributed by atoms with van der Waals surface area (Å²) >= 11 is 0. The quantitative estimate of drug-likeness (QED) is 0.775. The lowest BCUT2D eigenvalue weighted by molar-refractivity contribution is -0.196. The van der Waals surface area contributed by atoms with Crippen molar-refractivity contribution in [3.63, 3.8) is 0 Å². The molecule has 108 valence electrons. The van der Waals surface area contributed by atoms with E-state index in [1.54, 1.807) is 0 Å². The van der Waals surface area contributed by atoms with Gasteiger partial charge in [0.2, 0.25) is 0 Å². The fourth-order valence-electron chi connectivity index (χ4n) is 2.81. The van der Waals surface area contributed by atoms with E-state index in [0.29, 0.717) is 17.9 Å². The standard InChI is InChI=1S/C11H14F3NO4/c12-11(13,14)10(18)15-4-6(9(16)17)3-7-5-19-2-1-8(7)15/h6-8H,1-5H2,(H,16,17)/t6-,7-,8-/m1/s1. The highest BCUT2D eigenvalue weighted by Crippen LogP contribution is 2.35. The first-order valence-corrected chi connectivity index (χ1v) is 5.99. The third-order valence-electron chi connectivity index (χ3n) is 3.69. The fourth-order valence-corrected chi connectivity index (χ4v) is 2.81. The maximum absolute atomic E-state index is 12.6. The van der Waals surface area contributed by atoms with Gasteiger partial charge in [0, 0.05) is 25.1 Å². The average molecular weight is 281 g/mol. The van der Waals surface area contributed by atoms with E-state index in [1.165, 1.54) is 0 Å². The molecule has 0 spiro atoms. The molecular formula is C11H14F3NO4. The van der Waals surface area contributed by atoms with Crippen LogP contribution in [0.4, 0.5) is 13.2 Å². The van der Waals surface area contributed by atoms with E-state index < -0.39 is 30.0 Å². The summed E-state index contributed by atoms with van der Waals surface area (Å²) in [7, 11) is 0. The van der Waals surface area contributed by atoms with Crippen molar-refractivity contribution in [1.29, 1.82) is 0 Å². The van der Waals surface area contributed by atoms with Gasteiger partial charge >= 0.3 is 18.1 Å². The van der Waals surface area contributed by atoms with Crippen molar-refractivity contribution in [2.75, 3.05) is 19.8 Å². The molecule has 5 nitrogen and oxygen atoms in total. The molecular weight excluding hydrogens is 267 g/mol. The number of amides is 1. The molecule has 2 aliphatic rings. The van der Waals surface area contributed by atoms with Crippen molar-refractivity contribution in [2.24, 2.45) is 11.8 Å². The molecule has 0 aromatic heterocycles. The Bertz CT molecular complexity index is 385. The summed E-state index contributed by atoms with van der Waals surface area (Å²) in [6, 6.07) is -0.571. The molecule has 8 heteroatoms. The summed E-state index contributed by atoms with van der Waals surface area (Å²) in [5.74, 6) is -4.43. The predicted octanol–water partition coefficient (Wildman–Crippen LogP) is 0.887. The van der Waals surface area contributed by atoms with Crippen molar-refractivity contribution in [3.8, 4) is 0 Å². The number of nitrogens with zero attached hydrogens (tertiary/aromatic N) is 1. The number of carbonyl (C=O) groups is 2. The second-order valence-electron chi connectivity index (χ2n) is 4.92. The number of ether oxygens (including phenoxy) is 1. The van der Waals surface area contributed by atoms with Crippen molar-refractivity contribution >= 4 is 11.9 Å². The van der Waals surface area contributed by atoms with Crippen LogP contribution in [-0.2, 0) is 14.3 Å². The van der Waals surface area contributed by atoms with Gasteiger partial charge in [0.25, 0.3) is 0 Å². The number of likely N-dealkylation sites (tertiary alicyclic amines) is 1. The minimum absolute atomic E-state index is 0.204. The molecule has 2 aliphatic heterocycles. The van der Waals surface area contributed by atoms with Crippen molar-refractivity contribution < 1.29 is 32.6 Å². The molecule has 0 aromatic carbocycles. The number of piperidine rings is 1.